The molecule has 3 rings (SSSR count). The number of amides is 1. The van der Waals surface area contributed by atoms with Crippen molar-refractivity contribution >= 4 is 5.91 Å². The lowest BCUT2D eigenvalue weighted by Crippen LogP contribution is -2.44. The molecule has 28 heavy (non-hydrogen) atoms. The Morgan fingerprint density at radius 1 is 1.11 bits per heavy atom. The first-order chi connectivity index (χ1) is 13.5. The summed E-state index contributed by atoms with van der Waals surface area (Å²) in [4.78, 5) is 14.4. The van der Waals surface area contributed by atoms with Gasteiger partial charge in [0.1, 0.15) is 5.82 Å². The molecule has 0 radical (unpaired) electrons. The van der Waals surface area contributed by atoms with Crippen LogP contribution >= 0.6 is 0 Å². The highest BCUT2D eigenvalue weighted by Crippen LogP contribution is 2.20. The van der Waals surface area contributed by atoms with Crippen LogP contribution in [0.15, 0.2) is 42.5 Å². The standard InChI is InChI=1S/C22H26F2N2O2/c1-28-21-8-4-17(14-20(21)24)15-26-12-10-19(11-13-26)25-22(27)9-5-16-2-6-18(23)7-3-16/h2-4,6-8,14,19H,5,9-13,15H2,1H3,(H,25,27). The number of carbonyl (C=O) groups excluding carboxylic acids is 1. The molecule has 4 nitrogen and oxygen atoms in total. The molecule has 0 saturated carbocycles. The van der Waals surface area contributed by atoms with E-state index in [-0.39, 0.29) is 29.3 Å². The predicted molar refractivity (Wildman–Crippen MR) is 104 cm³/mol. The average molecular weight is 388 g/mol. The quantitative estimate of drug-likeness (QED) is 0.787. The number of methoxy groups -OCH3 is 1. The van der Waals surface area contributed by atoms with Gasteiger partial charge in [0, 0.05) is 32.1 Å². The Bertz CT molecular complexity index is 788. The van der Waals surface area contributed by atoms with Crippen LogP contribution in [0, 0.1) is 11.6 Å². The van der Waals surface area contributed by atoms with E-state index in [4.69, 9.17) is 4.74 Å². The number of nitrogens with one attached hydrogen (secondary N) is 1. The molecule has 0 bridgehead atoms. The van der Waals surface area contributed by atoms with Crippen molar-refractivity contribution < 1.29 is 18.3 Å². The summed E-state index contributed by atoms with van der Waals surface area (Å²) in [6.07, 6.45) is 2.76. The van der Waals surface area contributed by atoms with Crippen molar-refractivity contribution in [3.05, 3.63) is 65.2 Å². The second-order valence-corrected chi connectivity index (χ2v) is 7.21. The summed E-state index contributed by atoms with van der Waals surface area (Å²) in [7, 11) is 1.46. The SMILES string of the molecule is COc1ccc(CN2CCC(NC(=O)CCc3ccc(F)cc3)CC2)cc1F. The molecule has 1 saturated heterocycles. The van der Waals surface area contributed by atoms with E-state index in [0.29, 0.717) is 19.4 Å². The van der Waals surface area contributed by atoms with Gasteiger partial charge in [-0.2, -0.15) is 0 Å². The van der Waals surface area contributed by atoms with Gasteiger partial charge in [-0.15, -0.1) is 0 Å². The lowest BCUT2D eigenvalue weighted by atomic mass is 10.0. The van der Waals surface area contributed by atoms with Gasteiger partial charge >= 0.3 is 0 Å². The van der Waals surface area contributed by atoms with E-state index in [0.717, 1.165) is 37.1 Å². The van der Waals surface area contributed by atoms with Crippen LogP contribution in [0.4, 0.5) is 8.78 Å². The lowest BCUT2D eigenvalue weighted by molar-refractivity contribution is -0.122. The Morgan fingerprint density at radius 3 is 2.43 bits per heavy atom. The van der Waals surface area contributed by atoms with Crippen molar-refractivity contribution in [3.63, 3.8) is 0 Å². The van der Waals surface area contributed by atoms with E-state index >= 15 is 0 Å². The van der Waals surface area contributed by atoms with Crippen molar-refractivity contribution in [1.29, 1.82) is 0 Å². The van der Waals surface area contributed by atoms with Gasteiger partial charge in [-0.25, -0.2) is 8.78 Å². The van der Waals surface area contributed by atoms with Gasteiger partial charge < -0.3 is 10.1 Å². The summed E-state index contributed by atoms with van der Waals surface area (Å²) in [5, 5.41) is 3.09. The zero-order chi connectivity index (χ0) is 19.9. The molecule has 0 aliphatic carbocycles. The molecule has 2 aromatic carbocycles. The third kappa shape index (κ3) is 5.76. The molecular formula is C22H26F2N2O2. The molecule has 6 heteroatoms. The summed E-state index contributed by atoms with van der Waals surface area (Å²) < 4.78 is 31.7. The number of benzene rings is 2. The first kappa shape index (κ1) is 20.3. The number of halogens is 2. The fourth-order valence-corrected chi connectivity index (χ4v) is 3.51. The van der Waals surface area contributed by atoms with Crippen LogP contribution in [0.25, 0.3) is 0 Å². The van der Waals surface area contributed by atoms with E-state index in [1.807, 2.05) is 6.07 Å². The molecule has 2 aromatic rings. The first-order valence-corrected chi connectivity index (χ1v) is 9.62. The summed E-state index contributed by atoms with van der Waals surface area (Å²) in [5.41, 5.74) is 1.87. The molecule has 0 spiro atoms. The Hall–Kier alpha value is -2.47. The Balaban J connectivity index is 1.39. The van der Waals surface area contributed by atoms with Crippen molar-refractivity contribution in [2.45, 2.75) is 38.3 Å². The average Bonchev–Trinajstić information content (AvgIpc) is 2.69. The zero-order valence-electron chi connectivity index (χ0n) is 16.1. The number of carbonyl (C=O) groups is 1. The van der Waals surface area contributed by atoms with E-state index in [1.54, 1.807) is 18.2 Å². The van der Waals surface area contributed by atoms with Crippen LogP contribution in [-0.2, 0) is 17.8 Å². The van der Waals surface area contributed by atoms with Crippen LogP contribution < -0.4 is 10.1 Å². The van der Waals surface area contributed by atoms with Gasteiger partial charge in [-0.3, -0.25) is 9.69 Å². The van der Waals surface area contributed by atoms with Gasteiger partial charge in [-0.1, -0.05) is 18.2 Å². The van der Waals surface area contributed by atoms with Crippen LogP contribution in [0.1, 0.15) is 30.4 Å². The normalized spacial score (nSPS) is 15.4. The Labute approximate surface area is 164 Å². The number of rotatable bonds is 7. The molecule has 1 aliphatic rings. The summed E-state index contributed by atoms with van der Waals surface area (Å²) in [5.74, 6) is -0.327. The molecule has 1 fully saturated rings. The minimum absolute atomic E-state index is 0.0278. The lowest BCUT2D eigenvalue weighted by Gasteiger charge is -2.32. The van der Waals surface area contributed by atoms with Gasteiger partial charge in [0.05, 0.1) is 7.11 Å². The minimum Gasteiger partial charge on any atom is -0.494 e. The highest BCUT2D eigenvalue weighted by atomic mass is 19.1. The summed E-state index contributed by atoms with van der Waals surface area (Å²) in [6.45, 7) is 2.40. The van der Waals surface area contributed by atoms with Gasteiger partial charge in [0.15, 0.2) is 11.6 Å². The predicted octanol–water partition coefficient (Wildman–Crippen LogP) is 3.69. The summed E-state index contributed by atoms with van der Waals surface area (Å²) in [6, 6.07) is 11.5. The zero-order valence-corrected chi connectivity index (χ0v) is 16.1. The van der Waals surface area contributed by atoms with E-state index < -0.39 is 0 Å². The van der Waals surface area contributed by atoms with Crippen LogP contribution in [0.2, 0.25) is 0 Å². The van der Waals surface area contributed by atoms with Crippen molar-refractivity contribution in [2.75, 3.05) is 20.2 Å². The summed E-state index contributed by atoms with van der Waals surface area (Å²) >= 11 is 0. The second-order valence-electron chi connectivity index (χ2n) is 7.21. The van der Waals surface area contributed by atoms with Crippen LogP contribution in [-0.4, -0.2) is 37.0 Å². The van der Waals surface area contributed by atoms with Gasteiger partial charge in [0.2, 0.25) is 5.91 Å². The Kier molecular flexibility index (Phi) is 6.98. The minimum atomic E-state index is -0.344. The van der Waals surface area contributed by atoms with Crippen molar-refractivity contribution in [1.82, 2.24) is 10.2 Å². The number of hydrogen-bond acceptors (Lipinski definition) is 3. The largest absolute Gasteiger partial charge is 0.494 e. The van der Waals surface area contributed by atoms with Crippen LogP contribution in [0.3, 0.4) is 0 Å². The van der Waals surface area contributed by atoms with Gasteiger partial charge in [0.25, 0.3) is 0 Å². The maximum absolute atomic E-state index is 13.8. The smallest absolute Gasteiger partial charge is 0.220 e. The molecule has 0 aromatic heterocycles. The molecule has 1 aliphatic heterocycles. The maximum atomic E-state index is 13.8. The number of likely N-dealkylation sites (tertiary alicyclic amines) is 1. The molecule has 150 valence electrons. The van der Waals surface area contributed by atoms with E-state index in [9.17, 15) is 13.6 Å². The molecule has 1 amide bonds. The van der Waals surface area contributed by atoms with E-state index in [1.165, 1.54) is 25.3 Å². The number of aryl methyl sites for hydroxylation is 1. The Morgan fingerprint density at radius 2 is 1.79 bits per heavy atom. The second kappa shape index (κ2) is 9.64. The van der Waals surface area contributed by atoms with E-state index in [2.05, 4.69) is 10.2 Å². The maximum Gasteiger partial charge on any atom is 0.220 e. The monoisotopic (exact) mass is 388 g/mol. The number of hydrogen-bond donors (Lipinski definition) is 1. The number of ether oxygens (including phenoxy) is 1. The first-order valence-electron chi connectivity index (χ1n) is 9.62. The fourth-order valence-electron chi connectivity index (χ4n) is 3.51. The third-order valence-corrected chi connectivity index (χ3v) is 5.13. The molecule has 1 heterocycles. The molecule has 0 atom stereocenters. The highest BCUT2D eigenvalue weighted by Gasteiger charge is 2.21. The highest BCUT2D eigenvalue weighted by molar-refractivity contribution is 5.76. The third-order valence-electron chi connectivity index (χ3n) is 5.13. The molecule has 0 unspecified atom stereocenters. The van der Waals surface area contributed by atoms with Gasteiger partial charge in [-0.05, 0) is 54.7 Å². The number of nitrogens with zero attached hydrogens (tertiary/aromatic N) is 1. The number of piperidine rings is 1. The van der Waals surface area contributed by atoms with Crippen LogP contribution in [0.5, 0.6) is 5.75 Å². The fraction of sp³-hybridized carbons (Fsp3) is 0.409. The van der Waals surface area contributed by atoms with Crippen molar-refractivity contribution in [3.8, 4) is 5.75 Å². The van der Waals surface area contributed by atoms with Crippen molar-refractivity contribution in [2.24, 2.45) is 0 Å². The molecule has 1 N–H and O–H groups in total. The molecular weight excluding hydrogens is 362 g/mol. The topological polar surface area (TPSA) is 41.6 Å².